The molecule has 0 radical (unpaired) electrons. The molecular formula is C14H18N4O2S. The number of nitrogens with two attached hydrogens (primary N) is 1. The molecular weight excluding hydrogens is 288 g/mol. The van der Waals surface area contributed by atoms with Crippen molar-refractivity contribution in [3.05, 3.63) is 35.2 Å². The number of hydrogen-bond donors (Lipinski definition) is 2. The Bertz CT molecular complexity index is 640. The van der Waals surface area contributed by atoms with Crippen LogP contribution in [0.1, 0.15) is 30.0 Å². The number of nitrogens with zero attached hydrogens (tertiary/aromatic N) is 2. The molecule has 1 aromatic carbocycles. The molecule has 1 aromatic heterocycles. The molecule has 0 saturated carbocycles. The highest BCUT2D eigenvalue weighted by molar-refractivity contribution is 7.99. The Labute approximate surface area is 127 Å². The first-order valence-electron chi connectivity index (χ1n) is 6.55. The Balaban J connectivity index is 1.91. The summed E-state index contributed by atoms with van der Waals surface area (Å²) in [5, 5.41) is 10.9. The van der Waals surface area contributed by atoms with Crippen LogP contribution in [0, 0.1) is 13.8 Å². The average Bonchev–Trinajstić information content (AvgIpc) is 2.91. The van der Waals surface area contributed by atoms with Gasteiger partial charge in [-0.05, 0) is 38.0 Å². The summed E-state index contributed by atoms with van der Waals surface area (Å²) in [6.45, 7) is 5.74. The topological polar surface area (TPSA) is 94.0 Å². The maximum absolute atomic E-state index is 11.9. The molecule has 0 aliphatic heterocycles. The molecule has 0 saturated heterocycles. The lowest BCUT2D eigenvalue weighted by Gasteiger charge is -2.09. The molecule has 1 amide bonds. The molecule has 0 spiro atoms. The molecule has 0 bridgehead atoms. The Kier molecular flexibility index (Phi) is 4.98. The minimum absolute atomic E-state index is 0.116. The van der Waals surface area contributed by atoms with Gasteiger partial charge < -0.3 is 15.5 Å². The number of aromatic nitrogens is 2. The maximum Gasteiger partial charge on any atom is 0.277 e. The first-order chi connectivity index (χ1) is 9.97. The lowest BCUT2D eigenvalue weighted by molar-refractivity contribution is -0.113. The highest BCUT2D eigenvalue weighted by atomic mass is 32.2. The van der Waals surface area contributed by atoms with Crippen LogP contribution in [0.15, 0.2) is 27.8 Å². The number of anilines is 1. The number of carbonyl (C=O) groups is 1. The van der Waals surface area contributed by atoms with Crippen LogP contribution in [0.25, 0.3) is 0 Å². The van der Waals surface area contributed by atoms with Gasteiger partial charge in [-0.15, -0.1) is 10.2 Å². The van der Waals surface area contributed by atoms with Crippen LogP contribution in [-0.4, -0.2) is 21.9 Å². The van der Waals surface area contributed by atoms with Crippen LogP contribution in [0.5, 0.6) is 0 Å². The van der Waals surface area contributed by atoms with Crippen LogP contribution >= 0.6 is 11.8 Å². The third-order valence-electron chi connectivity index (χ3n) is 3.02. The first kappa shape index (κ1) is 15.5. The van der Waals surface area contributed by atoms with Gasteiger partial charge in [0.1, 0.15) is 0 Å². The van der Waals surface area contributed by atoms with Crippen molar-refractivity contribution in [2.24, 2.45) is 5.73 Å². The van der Waals surface area contributed by atoms with E-state index in [1.807, 2.05) is 32.0 Å². The van der Waals surface area contributed by atoms with Gasteiger partial charge in [-0.25, -0.2) is 0 Å². The Morgan fingerprint density at radius 3 is 2.86 bits per heavy atom. The van der Waals surface area contributed by atoms with Crippen molar-refractivity contribution >= 4 is 23.4 Å². The summed E-state index contributed by atoms with van der Waals surface area (Å²) in [6.07, 6.45) is 0. The van der Waals surface area contributed by atoms with E-state index in [0.717, 1.165) is 16.8 Å². The number of aryl methyl sites for hydroxylation is 1. The maximum atomic E-state index is 11.9. The second-order valence-corrected chi connectivity index (χ2v) is 5.71. The van der Waals surface area contributed by atoms with Crippen LogP contribution in [0.4, 0.5) is 5.69 Å². The lowest BCUT2D eigenvalue weighted by Crippen LogP contribution is -2.15. The van der Waals surface area contributed by atoms with Gasteiger partial charge in [-0.2, -0.15) is 0 Å². The molecule has 7 heteroatoms. The van der Waals surface area contributed by atoms with E-state index in [9.17, 15) is 4.79 Å². The molecule has 0 fully saturated rings. The van der Waals surface area contributed by atoms with Gasteiger partial charge in [-0.3, -0.25) is 4.79 Å². The van der Waals surface area contributed by atoms with Gasteiger partial charge in [0.25, 0.3) is 5.22 Å². The van der Waals surface area contributed by atoms with E-state index in [1.54, 1.807) is 6.92 Å². The second kappa shape index (κ2) is 6.73. The molecule has 1 atom stereocenters. The zero-order valence-corrected chi connectivity index (χ0v) is 13.0. The lowest BCUT2D eigenvalue weighted by atomic mass is 10.1. The van der Waals surface area contributed by atoms with Crippen molar-refractivity contribution < 1.29 is 9.21 Å². The minimum Gasteiger partial charge on any atom is -0.414 e. The van der Waals surface area contributed by atoms with Gasteiger partial charge in [0.05, 0.1) is 11.8 Å². The van der Waals surface area contributed by atoms with E-state index in [2.05, 4.69) is 15.5 Å². The van der Waals surface area contributed by atoms with Crippen LogP contribution in [-0.2, 0) is 4.79 Å². The normalized spacial score (nSPS) is 12.2. The highest BCUT2D eigenvalue weighted by Gasteiger charge is 2.12. The SMILES string of the molecule is Cc1cccc(NC(=O)CSc2nnc(C(C)N)o2)c1C. The average molecular weight is 306 g/mol. The summed E-state index contributed by atoms with van der Waals surface area (Å²) in [5.41, 5.74) is 8.65. The molecule has 1 heterocycles. The molecule has 0 aliphatic carbocycles. The summed E-state index contributed by atoms with van der Waals surface area (Å²) in [6, 6.07) is 5.49. The van der Waals surface area contributed by atoms with Gasteiger partial charge in [0.15, 0.2) is 0 Å². The van der Waals surface area contributed by atoms with Crippen molar-refractivity contribution in [1.29, 1.82) is 0 Å². The quantitative estimate of drug-likeness (QED) is 0.824. The Morgan fingerprint density at radius 2 is 2.19 bits per heavy atom. The molecule has 6 nitrogen and oxygen atoms in total. The molecule has 112 valence electrons. The number of nitrogens with one attached hydrogen (secondary N) is 1. The predicted molar refractivity (Wildman–Crippen MR) is 82.2 cm³/mol. The standard InChI is InChI=1S/C14H18N4O2S/c1-8-5-4-6-11(9(8)2)16-12(19)7-21-14-18-17-13(20-14)10(3)15/h4-6,10H,7,15H2,1-3H3,(H,16,19). The van der Waals surface area contributed by atoms with Gasteiger partial charge >= 0.3 is 0 Å². The summed E-state index contributed by atoms with van der Waals surface area (Å²) >= 11 is 1.19. The van der Waals surface area contributed by atoms with Gasteiger partial charge in [0, 0.05) is 5.69 Å². The van der Waals surface area contributed by atoms with E-state index in [4.69, 9.17) is 10.2 Å². The Morgan fingerprint density at radius 1 is 1.43 bits per heavy atom. The number of thioether (sulfide) groups is 1. The fraction of sp³-hybridized carbons (Fsp3) is 0.357. The first-order valence-corrected chi connectivity index (χ1v) is 7.53. The number of benzene rings is 1. The van der Waals surface area contributed by atoms with E-state index in [0.29, 0.717) is 11.1 Å². The van der Waals surface area contributed by atoms with Crippen molar-refractivity contribution in [2.75, 3.05) is 11.1 Å². The number of amides is 1. The third kappa shape index (κ3) is 4.05. The van der Waals surface area contributed by atoms with Gasteiger partial charge in [-0.1, -0.05) is 23.9 Å². The summed E-state index contributed by atoms with van der Waals surface area (Å²) < 4.78 is 5.32. The number of hydrogen-bond acceptors (Lipinski definition) is 6. The van der Waals surface area contributed by atoms with Gasteiger partial charge in [0.2, 0.25) is 11.8 Å². The van der Waals surface area contributed by atoms with E-state index < -0.39 is 0 Å². The molecule has 21 heavy (non-hydrogen) atoms. The van der Waals surface area contributed by atoms with Crippen LogP contribution in [0.3, 0.4) is 0 Å². The van der Waals surface area contributed by atoms with E-state index in [1.165, 1.54) is 11.8 Å². The van der Waals surface area contributed by atoms with Crippen LogP contribution < -0.4 is 11.1 Å². The van der Waals surface area contributed by atoms with Crippen molar-refractivity contribution in [3.8, 4) is 0 Å². The molecule has 3 N–H and O–H groups in total. The fourth-order valence-electron chi connectivity index (χ4n) is 1.66. The monoisotopic (exact) mass is 306 g/mol. The van der Waals surface area contributed by atoms with Crippen molar-refractivity contribution in [2.45, 2.75) is 32.0 Å². The van der Waals surface area contributed by atoms with E-state index in [-0.39, 0.29) is 17.7 Å². The van der Waals surface area contributed by atoms with Crippen molar-refractivity contribution in [3.63, 3.8) is 0 Å². The molecule has 1 unspecified atom stereocenters. The minimum atomic E-state index is -0.310. The second-order valence-electron chi connectivity index (χ2n) is 4.78. The van der Waals surface area contributed by atoms with E-state index >= 15 is 0 Å². The Hall–Kier alpha value is -1.86. The highest BCUT2D eigenvalue weighted by Crippen LogP contribution is 2.21. The largest absolute Gasteiger partial charge is 0.414 e. The molecule has 2 aromatic rings. The molecule has 0 aliphatic rings. The molecule has 2 rings (SSSR count). The summed E-state index contributed by atoms with van der Waals surface area (Å²) in [7, 11) is 0. The van der Waals surface area contributed by atoms with Crippen LogP contribution in [0.2, 0.25) is 0 Å². The third-order valence-corrected chi connectivity index (χ3v) is 3.84. The van der Waals surface area contributed by atoms with Crippen molar-refractivity contribution in [1.82, 2.24) is 10.2 Å². The number of carbonyl (C=O) groups excluding carboxylic acids is 1. The predicted octanol–water partition coefficient (Wildman–Crippen LogP) is 2.44. The smallest absolute Gasteiger partial charge is 0.277 e. The zero-order valence-electron chi connectivity index (χ0n) is 12.2. The summed E-state index contributed by atoms with van der Waals surface area (Å²) in [4.78, 5) is 11.9. The fourth-order valence-corrected chi connectivity index (χ4v) is 2.23. The zero-order chi connectivity index (χ0) is 15.4. The summed E-state index contributed by atoms with van der Waals surface area (Å²) in [5.74, 6) is 0.454. The number of rotatable bonds is 5.